The average molecular weight is 319 g/mol. The van der Waals surface area contributed by atoms with E-state index in [1.807, 2.05) is 6.26 Å². The van der Waals surface area contributed by atoms with E-state index < -0.39 is 18.0 Å². The van der Waals surface area contributed by atoms with Crippen LogP contribution in [0, 0.1) is 0 Å². The molecular formula is C14H29N3O3S. The van der Waals surface area contributed by atoms with Crippen LogP contribution in [0.4, 0.5) is 4.79 Å². The topological polar surface area (TPSA) is 81.7 Å². The molecule has 0 bridgehead atoms. The van der Waals surface area contributed by atoms with Crippen molar-refractivity contribution in [2.45, 2.75) is 52.2 Å². The van der Waals surface area contributed by atoms with Crippen molar-refractivity contribution in [1.29, 1.82) is 0 Å². The van der Waals surface area contributed by atoms with Gasteiger partial charge in [-0.25, -0.2) is 9.59 Å². The van der Waals surface area contributed by atoms with E-state index in [0.29, 0.717) is 30.8 Å². The van der Waals surface area contributed by atoms with Gasteiger partial charge in [-0.2, -0.15) is 11.8 Å². The van der Waals surface area contributed by atoms with Crippen LogP contribution in [0.1, 0.15) is 34.1 Å². The summed E-state index contributed by atoms with van der Waals surface area (Å²) in [6.07, 6.45) is 2.33. The van der Waals surface area contributed by atoms with Crippen molar-refractivity contribution < 1.29 is 14.7 Å². The largest absolute Gasteiger partial charge is 0.480 e. The fourth-order valence-corrected chi connectivity index (χ4v) is 2.58. The Kier molecular flexibility index (Phi) is 10.2. The van der Waals surface area contributed by atoms with Crippen molar-refractivity contribution in [2.75, 3.05) is 25.1 Å². The molecule has 3 N–H and O–H groups in total. The number of rotatable bonds is 10. The summed E-state index contributed by atoms with van der Waals surface area (Å²) in [6, 6.07) is -0.439. The highest BCUT2D eigenvalue weighted by molar-refractivity contribution is 7.98. The van der Waals surface area contributed by atoms with Gasteiger partial charge >= 0.3 is 12.0 Å². The Bertz CT molecular complexity index is 317. The van der Waals surface area contributed by atoms with Crippen LogP contribution in [0.2, 0.25) is 0 Å². The minimum Gasteiger partial charge on any atom is -0.480 e. The van der Waals surface area contributed by atoms with Crippen LogP contribution in [0.5, 0.6) is 0 Å². The van der Waals surface area contributed by atoms with E-state index in [1.165, 1.54) is 0 Å². The second-order valence-electron chi connectivity index (χ2n) is 5.50. The van der Waals surface area contributed by atoms with E-state index in [-0.39, 0.29) is 0 Å². The van der Waals surface area contributed by atoms with Gasteiger partial charge in [0.1, 0.15) is 6.04 Å². The van der Waals surface area contributed by atoms with Crippen molar-refractivity contribution in [3.63, 3.8) is 0 Å². The maximum absolute atomic E-state index is 11.7. The minimum absolute atomic E-state index is 0.406. The molecule has 0 radical (unpaired) electrons. The van der Waals surface area contributed by atoms with Gasteiger partial charge in [0.15, 0.2) is 0 Å². The third kappa shape index (κ3) is 8.83. The predicted molar refractivity (Wildman–Crippen MR) is 87.9 cm³/mol. The Labute approximate surface area is 132 Å². The number of amides is 2. The number of carboxylic acid groups (broad SMARTS) is 1. The summed E-state index contributed by atoms with van der Waals surface area (Å²) < 4.78 is 0. The van der Waals surface area contributed by atoms with E-state index in [4.69, 9.17) is 5.11 Å². The van der Waals surface area contributed by atoms with Crippen LogP contribution in [0.25, 0.3) is 0 Å². The zero-order valence-corrected chi connectivity index (χ0v) is 14.5. The standard InChI is InChI=1S/C14H29N3O3S/c1-10(2)17(11(3)4)8-7-15-14(20)16-12(13(18)19)6-9-21-5/h10-12H,6-9H2,1-5H3,(H,18,19)(H2,15,16,20). The van der Waals surface area contributed by atoms with E-state index in [0.717, 1.165) is 6.54 Å². The maximum Gasteiger partial charge on any atom is 0.326 e. The predicted octanol–water partition coefficient (Wildman–Crippen LogP) is 1.61. The normalized spacial score (nSPS) is 12.8. The molecular weight excluding hydrogens is 290 g/mol. The first-order valence-electron chi connectivity index (χ1n) is 7.31. The molecule has 0 aliphatic rings. The zero-order chi connectivity index (χ0) is 16.4. The average Bonchev–Trinajstić information content (AvgIpc) is 2.38. The Hall–Kier alpha value is -0.950. The molecule has 1 atom stereocenters. The minimum atomic E-state index is -0.995. The highest BCUT2D eigenvalue weighted by Gasteiger charge is 2.19. The molecule has 1 unspecified atom stereocenters. The van der Waals surface area contributed by atoms with E-state index in [2.05, 4.69) is 43.2 Å². The quantitative estimate of drug-likeness (QED) is 0.570. The van der Waals surface area contributed by atoms with Gasteiger partial charge < -0.3 is 15.7 Å². The number of aliphatic carboxylic acids is 1. The molecule has 124 valence electrons. The Balaban J connectivity index is 4.15. The number of hydrogen-bond acceptors (Lipinski definition) is 4. The van der Waals surface area contributed by atoms with Gasteiger partial charge in [-0.15, -0.1) is 0 Å². The molecule has 0 aromatic carbocycles. The van der Waals surface area contributed by atoms with Crippen molar-refractivity contribution in [3.8, 4) is 0 Å². The van der Waals surface area contributed by atoms with Gasteiger partial charge in [-0.05, 0) is 46.1 Å². The fraction of sp³-hybridized carbons (Fsp3) is 0.857. The van der Waals surface area contributed by atoms with E-state index in [9.17, 15) is 9.59 Å². The summed E-state index contributed by atoms with van der Waals surface area (Å²) in [4.78, 5) is 25.0. The zero-order valence-electron chi connectivity index (χ0n) is 13.7. The summed E-state index contributed by atoms with van der Waals surface area (Å²) in [5.41, 5.74) is 0. The molecule has 6 nitrogen and oxygen atoms in total. The lowest BCUT2D eigenvalue weighted by Gasteiger charge is -2.30. The first-order valence-corrected chi connectivity index (χ1v) is 8.70. The van der Waals surface area contributed by atoms with Gasteiger partial charge in [0, 0.05) is 25.2 Å². The number of nitrogens with one attached hydrogen (secondary N) is 2. The third-order valence-corrected chi connectivity index (χ3v) is 3.84. The van der Waals surface area contributed by atoms with Gasteiger partial charge in [0.05, 0.1) is 0 Å². The van der Waals surface area contributed by atoms with Crippen LogP contribution >= 0.6 is 11.8 Å². The molecule has 0 aromatic rings. The van der Waals surface area contributed by atoms with Crippen LogP contribution in [-0.4, -0.2) is 65.2 Å². The number of urea groups is 1. The molecule has 0 saturated carbocycles. The van der Waals surface area contributed by atoms with Gasteiger partial charge in [-0.3, -0.25) is 4.90 Å². The van der Waals surface area contributed by atoms with E-state index >= 15 is 0 Å². The number of carboxylic acids is 1. The van der Waals surface area contributed by atoms with Crippen LogP contribution in [0.3, 0.4) is 0 Å². The van der Waals surface area contributed by atoms with Gasteiger partial charge in [0.2, 0.25) is 0 Å². The maximum atomic E-state index is 11.7. The number of nitrogens with zero attached hydrogens (tertiary/aromatic N) is 1. The van der Waals surface area contributed by atoms with Crippen molar-refractivity contribution in [3.05, 3.63) is 0 Å². The highest BCUT2D eigenvalue weighted by Crippen LogP contribution is 2.03. The van der Waals surface area contributed by atoms with Crippen LogP contribution in [0.15, 0.2) is 0 Å². The number of hydrogen-bond donors (Lipinski definition) is 3. The van der Waals surface area contributed by atoms with Crippen molar-refractivity contribution >= 4 is 23.8 Å². The molecule has 7 heteroatoms. The Morgan fingerprint density at radius 1 is 1.19 bits per heavy atom. The van der Waals surface area contributed by atoms with Gasteiger partial charge in [-0.1, -0.05) is 0 Å². The molecule has 2 amide bonds. The summed E-state index contributed by atoms with van der Waals surface area (Å²) in [5.74, 6) is -0.295. The number of carbonyl (C=O) groups excluding carboxylic acids is 1. The lowest BCUT2D eigenvalue weighted by atomic mass is 10.2. The fourth-order valence-electron chi connectivity index (χ4n) is 2.11. The molecule has 0 spiro atoms. The highest BCUT2D eigenvalue weighted by atomic mass is 32.2. The van der Waals surface area contributed by atoms with Crippen molar-refractivity contribution in [2.24, 2.45) is 0 Å². The van der Waals surface area contributed by atoms with Crippen molar-refractivity contribution in [1.82, 2.24) is 15.5 Å². The second-order valence-corrected chi connectivity index (χ2v) is 6.48. The van der Waals surface area contributed by atoms with E-state index in [1.54, 1.807) is 11.8 Å². The molecule has 0 aliphatic heterocycles. The smallest absolute Gasteiger partial charge is 0.326 e. The molecule has 21 heavy (non-hydrogen) atoms. The molecule has 0 fully saturated rings. The summed E-state index contributed by atoms with van der Waals surface area (Å²) in [6.45, 7) is 9.69. The third-order valence-electron chi connectivity index (χ3n) is 3.20. The Morgan fingerprint density at radius 2 is 1.76 bits per heavy atom. The lowest BCUT2D eigenvalue weighted by molar-refractivity contribution is -0.139. The summed E-state index contributed by atoms with van der Waals surface area (Å²) >= 11 is 1.56. The lowest BCUT2D eigenvalue weighted by Crippen LogP contribution is -2.49. The molecule has 0 aromatic heterocycles. The first-order chi connectivity index (χ1) is 9.79. The summed E-state index contributed by atoms with van der Waals surface area (Å²) in [7, 11) is 0. The monoisotopic (exact) mass is 319 g/mol. The summed E-state index contributed by atoms with van der Waals surface area (Å²) in [5, 5.41) is 14.3. The van der Waals surface area contributed by atoms with Crippen LogP contribution < -0.4 is 10.6 Å². The molecule has 0 saturated heterocycles. The molecule has 0 heterocycles. The SMILES string of the molecule is CSCCC(NC(=O)NCCN(C(C)C)C(C)C)C(=O)O. The van der Waals surface area contributed by atoms with Crippen LogP contribution in [-0.2, 0) is 4.79 Å². The van der Waals surface area contributed by atoms with Gasteiger partial charge in [0.25, 0.3) is 0 Å². The second kappa shape index (κ2) is 10.7. The number of carbonyl (C=O) groups is 2. The number of thioether (sulfide) groups is 1. The molecule has 0 aliphatic carbocycles. The Morgan fingerprint density at radius 3 is 2.19 bits per heavy atom. The molecule has 0 rings (SSSR count). The first kappa shape index (κ1) is 20.1.